The number of amides is 4. The van der Waals surface area contributed by atoms with Crippen molar-refractivity contribution in [2.45, 2.75) is 150 Å². The van der Waals surface area contributed by atoms with Crippen LogP contribution in [0.1, 0.15) is 107 Å². The third kappa shape index (κ3) is 13.5. The molecule has 0 aliphatic carbocycles. The molecule has 2 bridgehead atoms. The molecule has 1 saturated heterocycles. The van der Waals surface area contributed by atoms with Crippen LogP contribution in [0.3, 0.4) is 0 Å². The van der Waals surface area contributed by atoms with Gasteiger partial charge in [0.05, 0.1) is 24.3 Å². The van der Waals surface area contributed by atoms with Gasteiger partial charge < -0.3 is 35.4 Å². The normalized spacial score (nSPS) is 31.5. The zero-order valence-electron chi connectivity index (χ0n) is 35.2. The van der Waals surface area contributed by atoms with E-state index in [0.717, 1.165) is 10.6 Å². The van der Waals surface area contributed by atoms with Gasteiger partial charge in [0, 0.05) is 31.1 Å². The third-order valence-corrected chi connectivity index (χ3v) is 12.2. The van der Waals surface area contributed by atoms with Gasteiger partial charge in [0.15, 0.2) is 0 Å². The van der Waals surface area contributed by atoms with E-state index < -0.39 is 65.5 Å². The predicted octanol–water partition coefficient (Wildman–Crippen LogP) is 4.84. The summed E-state index contributed by atoms with van der Waals surface area (Å²) in [6.45, 7) is 21.1. The average molecular weight is 802 g/mol. The third-order valence-electron chi connectivity index (χ3n) is 10.9. The minimum absolute atomic E-state index is 0.0101. The van der Waals surface area contributed by atoms with Gasteiger partial charge in [-0.1, -0.05) is 67.2 Å². The Hall–Kier alpha value is -3.65. The van der Waals surface area contributed by atoms with Gasteiger partial charge in [-0.05, 0) is 74.9 Å². The number of cyclic esters (lactones) is 1. The van der Waals surface area contributed by atoms with Crippen molar-refractivity contribution in [2.75, 3.05) is 19.4 Å². The number of hydrogen-bond acceptors (Lipinski definition) is 10. The van der Waals surface area contributed by atoms with Gasteiger partial charge in [0.2, 0.25) is 23.6 Å². The average Bonchev–Trinajstić information content (AvgIpc) is 3.82. The maximum Gasteiger partial charge on any atom is 0.329 e. The van der Waals surface area contributed by atoms with Crippen LogP contribution in [0.4, 0.5) is 0 Å². The Morgan fingerprint density at radius 3 is 2.38 bits per heavy atom. The van der Waals surface area contributed by atoms with Crippen LogP contribution in [0.2, 0.25) is 0 Å². The predicted molar refractivity (Wildman–Crippen MR) is 221 cm³/mol. The molecule has 0 spiro atoms. The molecule has 9 atom stereocenters. The van der Waals surface area contributed by atoms with Crippen LogP contribution >= 0.6 is 11.8 Å². The Balaban J connectivity index is 1.95. The molecular formula is C42H67N5O8S. The standard InChI is InChI=1S/C42H67N5O8S/c1-12-29(16-15-26(5)54-11)22-31-38(51)43-28(7)37(50)46-36(24(2)3)40(52)47-19-13-14-32(47)41(53)55-34(42(8,9)10)21-25(4)20-33(48)27(6)39-44-30(23-56-39)17-18-35(49)45-31/h12,15-16,24-25,27-28,30-34,36,48H,5,13-14,17-23H2,1-4,6-11H3,(H,43,51)(H,45,49)(H,46,50)/b16-15-,29-12+/t25-,27-,28-,30+,31-,32-,33-,34-,36-/m0/s1. The van der Waals surface area contributed by atoms with Crippen molar-refractivity contribution >= 4 is 46.4 Å². The van der Waals surface area contributed by atoms with Crippen LogP contribution in [0, 0.1) is 23.2 Å². The van der Waals surface area contributed by atoms with E-state index in [1.807, 2.05) is 61.5 Å². The van der Waals surface area contributed by atoms with Crippen LogP contribution in [-0.2, 0) is 33.4 Å². The second-order valence-corrected chi connectivity index (χ2v) is 18.1. The largest absolute Gasteiger partial charge is 0.497 e. The Bertz CT molecular complexity index is 1520. The second kappa shape index (κ2) is 21.2. The number of thioether (sulfide) groups is 1. The van der Waals surface area contributed by atoms with Gasteiger partial charge in [-0.25, -0.2) is 4.79 Å². The number of esters is 1. The summed E-state index contributed by atoms with van der Waals surface area (Å²) in [5.41, 5.74) is 0.326. The Morgan fingerprint density at radius 2 is 1.75 bits per heavy atom. The van der Waals surface area contributed by atoms with E-state index in [1.165, 1.54) is 18.9 Å². The zero-order chi connectivity index (χ0) is 41.9. The Kier molecular flexibility index (Phi) is 17.7. The van der Waals surface area contributed by atoms with E-state index >= 15 is 0 Å². The topological polar surface area (TPSA) is 176 Å². The maximum atomic E-state index is 14.1. The van der Waals surface area contributed by atoms with Crippen molar-refractivity contribution in [2.24, 2.45) is 28.2 Å². The van der Waals surface area contributed by atoms with Crippen LogP contribution in [0.5, 0.6) is 0 Å². The number of nitrogens with zero attached hydrogens (tertiary/aromatic N) is 2. The van der Waals surface area contributed by atoms with Crippen LogP contribution in [-0.4, -0.2) is 106 Å². The molecule has 4 amide bonds. The summed E-state index contributed by atoms with van der Waals surface area (Å²) in [5, 5.41) is 20.6. The van der Waals surface area contributed by atoms with Gasteiger partial charge in [-0.15, -0.1) is 11.8 Å². The first kappa shape index (κ1) is 46.7. The number of allylic oxidation sites excluding steroid dienone is 3. The Morgan fingerprint density at radius 1 is 1.05 bits per heavy atom. The molecule has 56 heavy (non-hydrogen) atoms. The molecule has 3 heterocycles. The monoisotopic (exact) mass is 801 g/mol. The quantitative estimate of drug-likeness (QED) is 0.167. The minimum atomic E-state index is -1.06. The molecule has 0 saturated carbocycles. The number of fused-ring (bicyclic) bond motifs is 2. The van der Waals surface area contributed by atoms with Crippen molar-refractivity contribution in [3.8, 4) is 0 Å². The molecule has 0 radical (unpaired) electrons. The zero-order valence-corrected chi connectivity index (χ0v) is 36.0. The summed E-state index contributed by atoms with van der Waals surface area (Å²) in [4.78, 5) is 75.1. The van der Waals surface area contributed by atoms with E-state index in [4.69, 9.17) is 14.5 Å². The molecular weight excluding hydrogens is 735 g/mol. The van der Waals surface area contributed by atoms with Gasteiger partial charge in [-0.2, -0.15) is 0 Å². The lowest BCUT2D eigenvalue weighted by Gasteiger charge is -2.35. The molecule has 14 heteroatoms. The molecule has 0 aromatic heterocycles. The van der Waals surface area contributed by atoms with E-state index in [1.54, 1.807) is 23.9 Å². The molecule has 0 aromatic carbocycles. The van der Waals surface area contributed by atoms with E-state index in [9.17, 15) is 29.1 Å². The summed E-state index contributed by atoms with van der Waals surface area (Å²) in [5.74, 6) is -1.78. The first-order valence-corrected chi connectivity index (χ1v) is 21.1. The number of rotatable bonds is 6. The van der Waals surface area contributed by atoms with Crippen molar-refractivity contribution < 1.29 is 38.6 Å². The second-order valence-electron chi connectivity index (χ2n) is 17.0. The maximum absolute atomic E-state index is 14.1. The molecule has 13 nitrogen and oxygen atoms in total. The lowest BCUT2D eigenvalue weighted by molar-refractivity contribution is -0.164. The van der Waals surface area contributed by atoms with Crippen molar-refractivity contribution in [3.63, 3.8) is 0 Å². The highest BCUT2D eigenvalue weighted by Crippen LogP contribution is 2.34. The molecule has 1 fully saturated rings. The lowest BCUT2D eigenvalue weighted by Crippen LogP contribution is -2.58. The highest BCUT2D eigenvalue weighted by molar-refractivity contribution is 8.14. The minimum Gasteiger partial charge on any atom is -0.497 e. The van der Waals surface area contributed by atoms with Gasteiger partial charge in [0.25, 0.3) is 0 Å². The number of nitrogens with one attached hydrogen (secondary N) is 3. The fourth-order valence-corrected chi connectivity index (χ4v) is 8.31. The molecule has 3 rings (SSSR count). The fourth-order valence-electron chi connectivity index (χ4n) is 7.06. The number of aliphatic hydroxyl groups excluding tert-OH is 1. The number of carbonyl (C=O) groups is 5. The smallest absolute Gasteiger partial charge is 0.329 e. The van der Waals surface area contributed by atoms with Crippen LogP contribution in [0.25, 0.3) is 0 Å². The number of aliphatic hydroxyl groups is 1. The molecule has 4 N–H and O–H groups in total. The van der Waals surface area contributed by atoms with E-state index in [2.05, 4.69) is 22.5 Å². The first-order valence-electron chi connectivity index (χ1n) is 20.1. The molecule has 0 aromatic rings. The first-order chi connectivity index (χ1) is 26.2. The number of aliphatic imine (C=N–C) groups is 1. The fraction of sp³-hybridized carbons (Fsp3) is 0.714. The van der Waals surface area contributed by atoms with Crippen molar-refractivity contribution in [1.29, 1.82) is 0 Å². The number of ether oxygens (including phenoxy) is 2. The van der Waals surface area contributed by atoms with Crippen molar-refractivity contribution in [1.82, 2.24) is 20.9 Å². The molecule has 3 aliphatic heterocycles. The van der Waals surface area contributed by atoms with Gasteiger partial charge >= 0.3 is 5.97 Å². The summed E-state index contributed by atoms with van der Waals surface area (Å²) >= 11 is 1.59. The SMILES string of the molecule is C=C(/C=C\C(=C/C)C[C@@H]1NC(=O)CC[C@@H]2CSC(=N2)[C@@H](C)[C@@H](O)C[C@H](C)C[C@@H](C(C)(C)C)OC(=O)[C@@H]2CCCN2C(=O)[C@H](C(C)C)NC(=O)[C@H](C)NC1=O)OC. The van der Waals surface area contributed by atoms with E-state index in [-0.39, 0.29) is 42.5 Å². The number of carbonyl (C=O) groups excluding carboxylic acids is 5. The lowest BCUT2D eigenvalue weighted by atomic mass is 9.81. The highest BCUT2D eigenvalue weighted by atomic mass is 32.2. The number of hydrogen-bond donors (Lipinski definition) is 4. The summed E-state index contributed by atoms with van der Waals surface area (Å²) in [7, 11) is 1.50. The summed E-state index contributed by atoms with van der Waals surface area (Å²) < 4.78 is 11.3. The molecule has 0 unspecified atom stereocenters. The molecule has 314 valence electrons. The number of methoxy groups -OCH3 is 1. The highest BCUT2D eigenvalue weighted by Gasteiger charge is 2.42. The van der Waals surface area contributed by atoms with Gasteiger partial charge in [-0.3, -0.25) is 24.2 Å². The Labute approximate surface area is 338 Å². The summed E-state index contributed by atoms with van der Waals surface area (Å²) in [6, 6.07) is -3.97. The van der Waals surface area contributed by atoms with Gasteiger partial charge in [0.1, 0.15) is 36.0 Å². The van der Waals surface area contributed by atoms with Crippen LogP contribution < -0.4 is 16.0 Å². The van der Waals surface area contributed by atoms with E-state index in [0.29, 0.717) is 50.2 Å². The van der Waals surface area contributed by atoms with Crippen LogP contribution in [0.15, 0.2) is 41.1 Å². The molecule has 3 aliphatic rings. The summed E-state index contributed by atoms with van der Waals surface area (Å²) in [6.07, 6.45) is 6.85. The van der Waals surface area contributed by atoms with Crippen molar-refractivity contribution in [3.05, 3.63) is 36.1 Å².